The van der Waals surface area contributed by atoms with Gasteiger partial charge in [-0.25, -0.2) is 17.5 Å². The van der Waals surface area contributed by atoms with Crippen molar-refractivity contribution in [1.29, 1.82) is 0 Å². The van der Waals surface area contributed by atoms with Gasteiger partial charge in [0.2, 0.25) is 15.9 Å². The van der Waals surface area contributed by atoms with Crippen molar-refractivity contribution in [3.8, 4) is 0 Å². The fraction of sp³-hybridized carbons (Fsp3) is 0.867. The van der Waals surface area contributed by atoms with Crippen molar-refractivity contribution in [2.75, 3.05) is 51.6 Å². The summed E-state index contributed by atoms with van der Waals surface area (Å²) in [4.78, 5) is 27.1. The lowest BCUT2D eigenvalue weighted by molar-refractivity contribution is -0.132. The van der Waals surface area contributed by atoms with E-state index in [9.17, 15) is 18.0 Å². The van der Waals surface area contributed by atoms with Crippen LogP contribution in [0.3, 0.4) is 0 Å². The molecule has 24 heavy (non-hydrogen) atoms. The Bertz CT molecular complexity index is 537. The Hall–Kier alpha value is -1.35. The first-order valence-corrected chi connectivity index (χ1v) is 10.2. The molecule has 2 amide bonds. The van der Waals surface area contributed by atoms with Gasteiger partial charge in [-0.3, -0.25) is 4.79 Å². The van der Waals surface area contributed by atoms with Crippen molar-refractivity contribution in [2.45, 2.75) is 32.6 Å². The van der Waals surface area contributed by atoms with Crippen molar-refractivity contribution < 1.29 is 22.7 Å². The van der Waals surface area contributed by atoms with Crippen LogP contribution in [-0.2, 0) is 19.6 Å². The number of amides is 2. The first-order valence-electron chi connectivity index (χ1n) is 8.61. The lowest BCUT2D eigenvalue weighted by Crippen LogP contribution is -2.51. The average Bonchev–Trinajstić information content (AvgIpc) is 2.61. The molecule has 0 N–H and O–H groups in total. The molecule has 0 bridgehead atoms. The van der Waals surface area contributed by atoms with Gasteiger partial charge < -0.3 is 14.5 Å². The average molecular weight is 361 g/mol. The standard InChI is InChI=1S/C15H27N3O5S/c1-2-23-15(20)17-11-9-16(10-12-17)14(19)6-13-24(21,22)18-7-4-3-5-8-18/h2-13H2,1H3. The minimum Gasteiger partial charge on any atom is -0.450 e. The monoisotopic (exact) mass is 361 g/mol. The second kappa shape index (κ2) is 8.66. The summed E-state index contributed by atoms with van der Waals surface area (Å²) in [5, 5.41) is 0. The van der Waals surface area contributed by atoms with Crippen LogP contribution in [-0.4, -0.2) is 86.2 Å². The molecule has 8 nitrogen and oxygen atoms in total. The molecular weight excluding hydrogens is 334 g/mol. The maximum absolute atomic E-state index is 12.3. The zero-order valence-corrected chi connectivity index (χ0v) is 15.1. The van der Waals surface area contributed by atoms with Crippen LogP contribution < -0.4 is 0 Å². The smallest absolute Gasteiger partial charge is 0.409 e. The van der Waals surface area contributed by atoms with Crippen LogP contribution in [0, 0.1) is 0 Å². The van der Waals surface area contributed by atoms with Crippen molar-refractivity contribution in [3.63, 3.8) is 0 Å². The summed E-state index contributed by atoms with van der Waals surface area (Å²) in [6.45, 7) is 4.88. The highest BCUT2D eigenvalue weighted by molar-refractivity contribution is 7.89. The number of hydrogen-bond acceptors (Lipinski definition) is 5. The normalized spacial score (nSPS) is 20.0. The van der Waals surface area contributed by atoms with Gasteiger partial charge in [-0.2, -0.15) is 0 Å². The van der Waals surface area contributed by atoms with Crippen molar-refractivity contribution in [1.82, 2.24) is 14.1 Å². The van der Waals surface area contributed by atoms with E-state index in [1.807, 2.05) is 0 Å². The fourth-order valence-corrected chi connectivity index (χ4v) is 4.51. The molecule has 2 aliphatic heterocycles. The minimum absolute atomic E-state index is 0.00175. The molecule has 0 unspecified atom stereocenters. The summed E-state index contributed by atoms with van der Waals surface area (Å²) in [6.07, 6.45) is 2.48. The summed E-state index contributed by atoms with van der Waals surface area (Å²) in [7, 11) is -3.35. The quantitative estimate of drug-likeness (QED) is 0.711. The fourth-order valence-electron chi connectivity index (χ4n) is 3.00. The largest absolute Gasteiger partial charge is 0.450 e. The van der Waals surface area contributed by atoms with Crippen molar-refractivity contribution >= 4 is 22.0 Å². The molecule has 0 aromatic carbocycles. The van der Waals surface area contributed by atoms with Crippen LogP contribution in [0.15, 0.2) is 0 Å². The molecule has 2 heterocycles. The highest BCUT2D eigenvalue weighted by atomic mass is 32.2. The van der Waals surface area contributed by atoms with Crippen LogP contribution >= 0.6 is 0 Å². The number of ether oxygens (including phenoxy) is 1. The number of piperidine rings is 1. The third-order valence-electron chi connectivity index (χ3n) is 4.44. The number of nitrogens with zero attached hydrogens (tertiary/aromatic N) is 3. The highest BCUT2D eigenvalue weighted by Gasteiger charge is 2.28. The molecule has 138 valence electrons. The molecule has 0 spiro atoms. The van der Waals surface area contributed by atoms with Gasteiger partial charge in [-0.1, -0.05) is 6.42 Å². The molecule has 2 fully saturated rings. The zero-order chi connectivity index (χ0) is 17.6. The predicted octanol–water partition coefficient (Wildman–Crippen LogP) is 0.493. The van der Waals surface area contributed by atoms with Crippen LogP contribution in [0.25, 0.3) is 0 Å². The van der Waals surface area contributed by atoms with E-state index in [0.29, 0.717) is 45.9 Å². The maximum atomic E-state index is 12.3. The van der Waals surface area contributed by atoms with Gasteiger partial charge in [0, 0.05) is 45.7 Å². The van der Waals surface area contributed by atoms with E-state index >= 15 is 0 Å². The molecule has 0 saturated carbocycles. The Morgan fingerprint density at radius 2 is 1.50 bits per heavy atom. The first-order chi connectivity index (χ1) is 11.4. The number of hydrogen-bond donors (Lipinski definition) is 0. The number of sulfonamides is 1. The molecule has 2 rings (SSSR count). The molecule has 9 heteroatoms. The van der Waals surface area contributed by atoms with Crippen molar-refractivity contribution in [3.05, 3.63) is 0 Å². The Morgan fingerprint density at radius 1 is 0.917 bits per heavy atom. The SMILES string of the molecule is CCOC(=O)N1CCN(C(=O)CCS(=O)(=O)N2CCCCC2)CC1. The van der Waals surface area contributed by atoms with Gasteiger partial charge in [-0.05, 0) is 19.8 Å². The Balaban J connectivity index is 1.76. The molecule has 0 atom stereocenters. The van der Waals surface area contributed by atoms with Crippen molar-refractivity contribution in [2.24, 2.45) is 0 Å². The summed E-state index contributed by atoms with van der Waals surface area (Å²) in [5.74, 6) is -0.303. The molecule has 0 aromatic rings. The second-order valence-corrected chi connectivity index (χ2v) is 8.18. The lowest BCUT2D eigenvalue weighted by atomic mass is 10.2. The van der Waals surface area contributed by atoms with E-state index in [0.717, 1.165) is 19.3 Å². The third kappa shape index (κ3) is 5.07. The van der Waals surface area contributed by atoms with Gasteiger partial charge in [0.1, 0.15) is 0 Å². The van der Waals surface area contributed by atoms with E-state index in [2.05, 4.69) is 0 Å². The number of piperazine rings is 1. The van der Waals surface area contributed by atoms with E-state index < -0.39 is 10.0 Å². The lowest BCUT2D eigenvalue weighted by Gasteiger charge is -2.34. The van der Waals surface area contributed by atoms with E-state index in [1.54, 1.807) is 16.7 Å². The predicted molar refractivity (Wildman–Crippen MR) is 89.0 cm³/mol. The molecule has 0 aliphatic carbocycles. The zero-order valence-electron chi connectivity index (χ0n) is 14.3. The minimum atomic E-state index is -3.35. The van der Waals surface area contributed by atoms with Gasteiger partial charge in [0.15, 0.2) is 0 Å². The Morgan fingerprint density at radius 3 is 2.08 bits per heavy atom. The van der Waals surface area contributed by atoms with Crippen LogP contribution in [0.5, 0.6) is 0 Å². The van der Waals surface area contributed by atoms with Gasteiger partial charge in [-0.15, -0.1) is 0 Å². The van der Waals surface area contributed by atoms with Gasteiger partial charge in [0.25, 0.3) is 0 Å². The van der Waals surface area contributed by atoms with Crippen LogP contribution in [0.4, 0.5) is 4.79 Å². The van der Waals surface area contributed by atoms with E-state index in [4.69, 9.17) is 4.74 Å². The number of carbonyl (C=O) groups excluding carboxylic acids is 2. The second-order valence-electron chi connectivity index (χ2n) is 6.09. The maximum Gasteiger partial charge on any atom is 0.409 e. The Kier molecular flexibility index (Phi) is 6.85. The summed E-state index contributed by atoms with van der Waals surface area (Å²) < 4.78 is 31.0. The molecule has 0 aromatic heterocycles. The molecular formula is C15H27N3O5S. The first kappa shape index (κ1) is 19.0. The number of carbonyl (C=O) groups is 2. The highest BCUT2D eigenvalue weighted by Crippen LogP contribution is 2.15. The summed E-state index contributed by atoms with van der Waals surface area (Å²) >= 11 is 0. The van der Waals surface area contributed by atoms with E-state index in [-0.39, 0.29) is 24.2 Å². The van der Waals surface area contributed by atoms with Crippen LogP contribution in [0.2, 0.25) is 0 Å². The number of rotatable bonds is 5. The van der Waals surface area contributed by atoms with E-state index in [1.165, 1.54) is 4.31 Å². The Labute approximate surface area is 143 Å². The summed E-state index contributed by atoms with van der Waals surface area (Å²) in [6, 6.07) is 0. The van der Waals surface area contributed by atoms with Crippen LogP contribution in [0.1, 0.15) is 32.6 Å². The molecule has 2 aliphatic rings. The molecule has 0 radical (unpaired) electrons. The van der Waals surface area contributed by atoms with Gasteiger partial charge in [0.05, 0.1) is 12.4 Å². The third-order valence-corrected chi connectivity index (χ3v) is 6.31. The van der Waals surface area contributed by atoms with Gasteiger partial charge >= 0.3 is 6.09 Å². The molecule has 2 saturated heterocycles. The summed E-state index contributed by atoms with van der Waals surface area (Å²) in [5.41, 5.74) is 0. The topological polar surface area (TPSA) is 87.2 Å².